The molecule has 0 saturated heterocycles. The van der Waals surface area contributed by atoms with Crippen molar-refractivity contribution in [2.24, 2.45) is 0 Å². The van der Waals surface area contributed by atoms with Gasteiger partial charge in [0.25, 0.3) is 0 Å². The molecule has 0 saturated carbocycles. The molecule has 0 bridgehead atoms. The first kappa shape index (κ1) is 25.4. The minimum absolute atomic E-state index is 0.00362. The zero-order chi connectivity index (χ0) is 23.5. The number of ether oxygens (including phenoxy) is 2. The van der Waals surface area contributed by atoms with Crippen LogP contribution in [0.25, 0.3) is 0 Å². The molecule has 172 valence electrons. The summed E-state index contributed by atoms with van der Waals surface area (Å²) in [6, 6.07) is 11.2. The second-order valence-corrected chi connectivity index (χ2v) is 7.49. The van der Waals surface area contributed by atoms with E-state index in [1.807, 2.05) is 0 Å². The van der Waals surface area contributed by atoms with E-state index in [2.05, 4.69) is 24.1 Å². The lowest BCUT2D eigenvalue weighted by atomic mass is 10.1. The number of anilines is 1. The van der Waals surface area contributed by atoms with Gasteiger partial charge >= 0.3 is 5.97 Å². The van der Waals surface area contributed by atoms with Gasteiger partial charge in [0.15, 0.2) is 5.78 Å². The predicted octanol–water partition coefficient (Wildman–Crippen LogP) is 4.45. The molecule has 0 aliphatic heterocycles. The zero-order valence-corrected chi connectivity index (χ0v) is 19.4. The third-order valence-electron chi connectivity index (χ3n) is 4.98. The highest BCUT2D eigenvalue weighted by Crippen LogP contribution is 2.24. The number of ketones is 1. The molecule has 0 fully saturated rings. The lowest BCUT2D eigenvalue weighted by molar-refractivity contribution is -0.116. The Labute approximate surface area is 193 Å². The number of benzene rings is 2. The van der Waals surface area contributed by atoms with Crippen molar-refractivity contribution in [2.45, 2.75) is 26.7 Å². The molecule has 0 unspecified atom stereocenters. The number of carbonyl (C=O) groups is 3. The first-order valence-electron chi connectivity index (χ1n) is 10.5. The lowest BCUT2D eigenvalue weighted by Crippen LogP contribution is -2.27. The number of rotatable bonds is 12. The largest absolute Gasteiger partial charge is 0.496 e. The molecule has 1 amide bonds. The smallest absolute Gasteiger partial charge is 0.338 e. The first-order valence-corrected chi connectivity index (χ1v) is 10.9. The average Bonchev–Trinajstić information content (AvgIpc) is 2.80. The predicted molar refractivity (Wildman–Crippen MR) is 125 cm³/mol. The number of hydrogen-bond donors (Lipinski definition) is 1. The monoisotopic (exact) mass is 460 g/mol. The van der Waals surface area contributed by atoms with Crippen LogP contribution in [0.15, 0.2) is 42.5 Å². The number of hydrogen-bond acceptors (Lipinski definition) is 6. The van der Waals surface area contributed by atoms with Crippen LogP contribution < -0.4 is 10.1 Å². The van der Waals surface area contributed by atoms with E-state index in [9.17, 15) is 14.4 Å². The van der Waals surface area contributed by atoms with Crippen molar-refractivity contribution < 1.29 is 23.9 Å². The number of amides is 1. The molecule has 2 aromatic carbocycles. The van der Waals surface area contributed by atoms with Crippen LogP contribution in [0.1, 0.15) is 47.4 Å². The fraction of sp³-hybridized carbons (Fsp3) is 0.375. The molecule has 1 N–H and O–H groups in total. The lowest BCUT2D eigenvalue weighted by Gasteiger charge is -2.17. The number of esters is 1. The summed E-state index contributed by atoms with van der Waals surface area (Å²) < 4.78 is 10.5. The summed E-state index contributed by atoms with van der Waals surface area (Å²) in [6.07, 6.45) is 0.0170. The van der Waals surface area contributed by atoms with Gasteiger partial charge in [-0.25, -0.2) is 4.79 Å². The topological polar surface area (TPSA) is 84.9 Å². The summed E-state index contributed by atoms with van der Waals surface area (Å²) >= 11 is 5.96. The van der Waals surface area contributed by atoms with Crippen molar-refractivity contribution in [1.29, 1.82) is 0 Å². The van der Waals surface area contributed by atoms with Crippen LogP contribution in [0.2, 0.25) is 5.02 Å². The molecule has 0 atom stereocenters. The molecule has 7 nitrogen and oxygen atoms in total. The van der Waals surface area contributed by atoms with E-state index in [0.717, 1.165) is 13.1 Å². The van der Waals surface area contributed by atoms with E-state index in [1.165, 1.54) is 13.2 Å². The summed E-state index contributed by atoms with van der Waals surface area (Å²) in [5.74, 6) is -0.535. The minimum atomic E-state index is -0.406. The molecule has 0 spiro atoms. The van der Waals surface area contributed by atoms with Crippen LogP contribution in [0, 0.1) is 0 Å². The number of halogens is 1. The normalized spacial score (nSPS) is 10.7. The number of likely N-dealkylation sites (N-methyl/N-ethyl adjacent to an activating group) is 1. The SMILES string of the molecule is CCN(CC)CCOC(=O)c1ccc(NC(=O)CCC(=O)c2cc(Cl)ccc2OC)cc1. The number of nitrogens with one attached hydrogen (secondary N) is 1. The Morgan fingerprint density at radius 3 is 2.31 bits per heavy atom. The van der Waals surface area contributed by atoms with Crippen LogP contribution in [0.4, 0.5) is 5.69 Å². The summed E-state index contributed by atoms with van der Waals surface area (Å²) in [5, 5.41) is 3.14. The summed E-state index contributed by atoms with van der Waals surface area (Å²) in [6.45, 7) is 6.93. The van der Waals surface area contributed by atoms with Crippen LogP contribution >= 0.6 is 11.6 Å². The summed E-state index contributed by atoms with van der Waals surface area (Å²) in [7, 11) is 1.47. The van der Waals surface area contributed by atoms with Crippen LogP contribution in [-0.4, -0.2) is 55.9 Å². The maximum atomic E-state index is 12.4. The van der Waals surface area contributed by atoms with Gasteiger partial charge in [0.1, 0.15) is 12.4 Å². The quantitative estimate of drug-likeness (QED) is 0.372. The van der Waals surface area contributed by atoms with Crippen molar-refractivity contribution in [3.05, 3.63) is 58.6 Å². The molecule has 32 heavy (non-hydrogen) atoms. The number of Topliss-reactive ketones (excluding diaryl/α,β-unsaturated/α-hetero) is 1. The van der Waals surface area contributed by atoms with Gasteiger partial charge in [0, 0.05) is 30.1 Å². The highest BCUT2D eigenvalue weighted by atomic mass is 35.5. The van der Waals surface area contributed by atoms with Crippen molar-refractivity contribution in [2.75, 3.05) is 38.7 Å². The van der Waals surface area contributed by atoms with Crippen molar-refractivity contribution in [3.8, 4) is 5.75 Å². The van der Waals surface area contributed by atoms with Gasteiger partial charge in [-0.1, -0.05) is 25.4 Å². The van der Waals surface area contributed by atoms with Gasteiger partial charge in [-0.3, -0.25) is 9.59 Å². The molecule has 2 rings (SSSR count). The van der Waals surface area contributed by atoms with Gasteiger partial charge in [-0.05, 0) is 55.6 Å². The van der Waals surface area contributed by atoms with Crippen molar-refractivity contribution >= 4 is 34.9 Å². The number of carbonyl (C=O) groups excluding carboxylic acids is 3. The Balaban J connectivity index is 1.83. The molecule has 0 heterocycles. The standard InChI is InChI=1S/C24H29ClN2O5/c1-4-27(5-2)14-15-32-24(30)17-6-9-19(10-7-17)26-23(29)13-11-21(28)20-16-18(25)8-12-22(20)31-3/h6-10,12,16H,4-5,11,13-15H2,1-3H3,(H,26,29). The highest BCUT2D eigenvalue weighted by molar-refractivity contribution is 6.31. The van der Waals surface area contributed by atoms with Crippen molar-refractivity contribution in [3.63, 3.8) is 0 Å². The number of nitrogens with zero attached hydrogens (tertiary/aromatic N) is 1. The summed E-state index contributed by atoms with van der Waals surface area (Å²) in [4.78, 5) is 39.0. The Hall–Kier alpha value is -2.90. The fourth-order valence-corrected chi connectivity index (χ4v) is 3.24. The van der Waals surface area contributed by atoms with Crippen molar-refractivity contribution in [1.82, 2.24) is 4.90 Å². The molecular weight excluding hydrogens is 432 g/mol. The van der Waals surface area contributed by atoms with Crippen LogP contribution in [0.3, 0.4) is 0 Å². The van der Waals surface area contributed by atoms with E-state index >= 15 is 0 Å². The molecule has 0 radical (unpaired) electrons. The van der Waals surface area contributed by atoms with E-state index in [4.69, 9.17) is 21.1 Å². The first-order chi connectivity index (χ1) is 15.4. The molecule has 8 heteroatoms. The van der Waals surface area contributed by atoms with E-state index in [-0.39, 0.29) is 24.5 Å². The molecule has 0 aromatic heterocycles. The maximum Gasteiger partial charge on any atom is 0.338 e. The Morgan fingerprint density at radius 1 is 1.00 bits per heavy atom. The second kappa shape index (κ2) is 12.8. The van der Waals surface area contributed by atoms with Gasteiger partial charge < -0.3 is 19.7 Å². The average molecular weight is 461 g/mol. The molecule has 0 aliphatic carbocycles. The fourth-order valence-electron chi connectivity index (χ4n) is 3.06. The van der Waals surface area contributed by atoms with Gasteiger partial charge in [-0.15, -0.1) is 0 Å². The minimum Gasteiger partial charge on any atom is -0.496 e. The summed E-state index contributed by atoms with van der Waals surface area (Å²) in [5.41, 5.74) is 1.28. The van der Waals surface area contributed by atoms with Gasteiger partial charge in [0.2, 0.25) is 5.91 Å². The third kappa shape index (κ3) is 7.66. The Bertz CT molecular complexity index is 926. The Morgan fingerprint density at radius 2 is 1.69 bits per heavy atom. The molecule has 0 aliphatic rings. The van der Waals surface area contributed by atoms with Gasteiger partial charge in [0.05, 0.1) is 18.2 Å². The van der Waals surface area contributed by atoms with E-state index < -0.39 is 5.97 Å². The molecular formula is C24H29ClN2O5. The van der Waals surface area contributed by atoms with E-state index in [1.54, 1.807) is 36.4 Å². The Kier molecular flexibility index (Phi) is 10.2. The van der Waals surface area contributed by atoms with Crippen LogP contribution in [-0.2, 0) is 9.53 Å². The molecule has 2 aromatic rings. The third-order valence-corrected chi connectivity index (χ3v) is 5.22. The number of methoxy groups -OCH3 is 1. The second-order valence-electron chi connectivity index (χ2n) is 7.06. The van der Waals surface area contributed by atoms with Crippen LogP contribution in [0.5, 0.6) is 5.75 Å². The van der Waals surface area contributed by atoms with Gasteiger partial charge in [-0.2, -0.15) is 0 Å². The maximum absolute atomic E-state index is 12.4. The highest BCUT2D eigenvalue weighted by Gasteiger charge is 2.15. The zero-order valence-electron chi connectivity index (χ0n) is 18.7. The van der Waals surface area contributed by atoms with E-state index in [0.29, 0.717) is 40.7 Å².